The Bertz CT molecular complexity index is 1520. The number of carbonyl (C=O) groups is 6. The van der Waals surface area contributed by atoms with Crippen molar-refractivity contribution in [1.29, 1.82) is 0 Å². The molecule has 2 fully saturated rings. The molecule has 0 aromatic heterocycles. The summed E-state index contributed by atoms with van der Waals surface area (Å²) < 4.78 is 5.48. The van der Waals surface area contributed by atoms with Crippen LogP contribution in [0.15, 0.2) is 60.7 Å². The number of ether oxygens (including phenoxy) is 1. The van der Waals surface area contributed by atoms with E-state index in [4.69, 9.17) is 4.74 Å². The highest BCUT2D eigenvalue weighted by molar-refractivity contribution is 5.97. The lowest BCUT2D eigenvalue weighted by atomic mass is 10.00. The Hall–Kier alpha value is -4.82. The van der Waals surface area contributed by atoms with Gasteiger partial charge in [0.05, 0.1) is 6.10 Å². The normalized spacial score (nSPS) is 26.2. The van der Waals surface area contributed by atoms with Crippen molar-refractivity contribution in [2.75, 3.05) is 20.2 Å². The Morgan fingerprint density at radius 2 is 1.53 bits per heavy atom. The zero-order valence-corrected chi connectivity index (χ0v) is 29.6. The van der Waals surface area contributed by atoms with Crippen LogP contribution < -0.4 is 26.6 Å². The molecule has 0 aliphatic carbocycles. The first-order valence-electron chi connectivity index (χ1n) is 17.5. The van der Waals surface area contributed by atoms with Gasteiger partial charge in [-0.2, -0.15) is 0 Å². The van der Waals surface area contributed by atoms with E-state index in [-0.39, 0.29) is 51.1 Å². The number of carbonyl (C=O) groups excluding carboxylic acids is 6. The van der Waals surface area contributed by atoms with E-state index in [1.165, 1.54) is 18.9 Å². The third-order valence-electron chi connectivity index (χ3n) is 9.03. The van der Waals surface area contributed by atoms with Gasteiger partial charge < -0.3 is 41.3 Å². The molecule has 0 unspecified atom stereocenters. The summed E-state index contributed by atoms with van der Waals surface area (Å²) in [7, 11) is 1.38. The van der Waals surface area contributed by atoms with Crippen molar-refractivity contribution in [1.82, 2.24) is 31.5 Å². The van der Waals surface area contributed by atoms with E-state index in [2.05, 4.69) is 26.6 Å². The van der Waals surface area contributed by atoms with E-state index in [0.29, 0.717) is 5.56 Å². The van der Waals surface area contributed by atoms with Gasteiger partial charge in [-0.15, -0.1) is 0 Å². The van der Waals surface area contributed by atoms with E-state index in [1.807, 2.05) is 32.0 Å². The molecule has 14 nitrogen and oxygen atoms in total. The van der Waals surface area contributed by atoms with E-state index in [9.17, 15) is 33.9 Å². The second kappa shape index (κ2) is 18.4. The van der Waals surface area contributed by atoms with Gasteiger partial charge in [-0.25, -0.2) is 0 Å². The first-order valence-corrected chi connectivity index (χ1v) is 17.5. The van der Waals surface area contributed by atoms with Gasteiger partial charge in [0.25, 0.3) is 5.91 Å². The number of aliphatic hydroxyl groups excluding tert-OH is 1. The lowest BCUT2D eigenvalue weighted by molar-refractivity contribution is -0.141. The highest BCUT2D eigenvalue weighted by Gasteiger charge is 2.41. The van der Waals surface area contributed by atoms with Crippen molar-refractivity contribution in [3.63, 3.8) is 0 Å². The molecule has 0 bridgehead atoms. The van der Waals surface area contributed by atoms with Crippen LogP contribution >= 0.6 is 0 Å². The number of amides is 6. The first-order chi connectivity index (χ1) is 24.4. The Morgan fingerprint density at radius 3 is 2.18 bits per heavy atom. The molecule has 51 heavy (non-hydrogen) atoms. The fourth-order valence-corrected chi connectivity index (χ4v) is 6.41. The van der Waals surface area contributed by atoms with E-state index >= 15 is 0 Å². The van der Waals surface area contributed by atoms with Crippen LogP contribution in [0, 0.1) is 5.92 Å². The molecule has 2 aromatic rings. The predicted octanol–water partition coefficient (Wildman–Crippen LogP) is 0.494. The summed E-state index contributed by atoms with van der Waals surface area (Å²) in [4.78, 5) is 83.1. The molecule has 7 atom stereocenters. The summed E-state index contributed by atoms with van der Waals surface area (Å²) in [5.41, 5.74) is 1.33. The molecule has 2 aliphatic heterocycles. The Balaban J connectivity index is 1.67. The van der Waals surface area contributed by atoms with Crippen LogP contribution in [0.25, 0.3) is 0 Å². The molecule has 2 aromatic carbocycles. The quantitative estimate of drug-likeness (QED) is 0.228. The van der Waals surface area contributed by atoms with Crippen molar-refractivity contribution in [2.24, 2.45) is 5.92 Å². The van der Waals surface area contributed by atoms with Crippen LogP contribution in [0.1, 0.15) is 63.7 Å². The summed E-state index contributed by atoms with van der Waals surface area (Å²) >= 11 is 0. The van der Waals surface area contributed by atoms with Gasteiger partial charge in [-0.3, -0.25) is 28.8 Å². The van der Waals surface area contributed by atoms with Crippen molar-refractivity contribution in [3.05, 3.63) is 71.8 Å². The Labute approximate surface area is 298 Å². The van der Waals surface area contributed by atoms with Crippen LogP contribution in [0.2, 0.25) is 0 Å². The molecule has 276 valence electrons. The summed E-state index contributed by atoms with van der Waals surface area (Å²) in [6.45, 7) is 5.27. The van der Waals surface area contributed by atoms with Crippen LogP contribution in [0.3, 0.4) is 0 Å². The van der Waals surface area contributed by atoms with Crippen molar-refractivity contribution >= 4 is 35.4 Å². The van der Waals surface area contributed by atoms with Gasteiger partial charge in [-0.1, -0.05) is 74.5 Å². The molecule has 0 radical (unpaired) electrons. The van der Waals surface area contributed by atoms with Gasteiger partial charge in [0, 0.05) is 33.0 Å². The van der Waals surface area contributed by atoms with Crippen molar-refractivity contribution < 1.29 is 38.6 Å². The highest BCUT2D eigenvalue weighted by Crippen LogP contribution is 2.20. The highest BCUT2D eigenvalue weighted by atomic mass is 16.5. The van der Waals surface area contributed by atoms with Gasteiger partial charge in [0.15, 0.2) is 6.10 Å². The minimum absolute atomic E-state index is 0.0199. The molecule has 6 N–H and O–H groups in total. The maximum Gasteiger partial charge on any atom is 0.254 e. The molecule has 6 amide bonds. The van der Waals surface area contributed by atoms with Gasteiger partial charge in [0.1, 0.15) is 30.2 Å². The van der Waals surface area contributed by atoms with E-state index < -0.39 is 77.9 Å². The van der Waals surface area contributed by atoms with Crippen LogP contribution in [0.4, 0.5) is 0 Å². The molecule has 2 heterocycles. The fourth-order valence-electron chi connectivity index (χ4n) is 6.41. The third kappa shape index (κ3) is 10.8. The van der Waals surface area contributed by atoms with Gasteiger partial charge in [-0.05, 0) is 43.2 Å². The maximum atomic E-state index is 14.0. The summed E-state index contributed by atoms with van der Waals surface area (Å²) in [6.07, 6.45) is -1.30. The second-order valence-electron chi connectivity index (χ2n) is 13.6. The zero-order chi connectivity index (χ0) is 37.1. The average molecular weight is 707 g/mol. The lowest BCUT2D eigenvalue weighted by Crippen LogP contribution is -2.59. The molecular formula is C37H50N6O8. The predicted molar refractivity (Wildman–Crippen MR) is 188 cm³/mol. The van der Waals surface area contributed by atoms with Gasteiger partial charge >= 0.3 is 0 Å². The average Bonchev–Trinajstić information content (AvgIpc) is 3.50. The molecular weight excluding hydrogens is 656 g/mol. The van der Waals surface area contributed by atoms with E-state index in [1.54, 1.807) is 42.5 Å². The third-order valence-corrected chi connectivity index (χ3v) is 9.03. The maximum absolute atomic E-state index is 14.0. The number of nitrogens with zero attached hydrogens (tertiary/aromatic N) is 1. The molecule has 0 spiro atoms. The van der Waals surface area contributed by atoms with Gasteiger partial charge in [0.2, 0.25) is 29.5 Å². The summed E-state index contributed by atoms with van der Waals surface area (Å²) in [5.74, 6) is -3.50. The van der Waals surface area contributed by atoms with Crippen LogP contribution in [0.5, 0.6) is 0 Å². The molecule has 4 rings (SSSR count). The standard InChI is InChI=1S/C37H50N6O8/c1-22(2)18-28-33(46)39-23(3)37(50)43-21-26(44)20-30(43)35(48)38-17-11-16-27(40-36(49)31(51-4)25-14-9-6-10-15-25)32(45)42-29(34(47)41-28)19-24-12-7-5-8-13-24/h5-10,12-15,22-23,26-31,44H,11,16-21H2,1-4H3,(H,38,48)(H,39,46)(H,40,49)(H,41,47)(H,42,45)/t23-,26+,27-,28-,29+,30-,31+/m0/s1. The SMILES string of the molecule is CO[C@@H](C(=O)N[C@H]1CCCNC(=O)[C@@H]2C[C@@H](O)CN2C(=O)[C@H](C)NC(=O)[C@H](CC(C)C)NC(=O)[C@@H](Cc2ccccc2)NC1=O)c1ccccc1. The number of hydrogen-bond acceptors (Lipinski definition) is 8. The smallest absolute Gasteiger partial charge is 0.254 e. The molecule has 0 saturated carbocycles. The largest absolute Gasteiger partial charge is 0.391 e. The second-order valence-corrected chi connectivity index (χ2v) is 13.6. The number of methoxy groups -OCH3 is 1. The Kier molecular flexibility index (Phi) is 14.1. The number of rotatable bonds is 8. The molecule has 2 saturated heterocycles. The number of hydrogen-bond donors (Lipinski definition) is 6. The number of fused-ring (bicyclic) bond motifs is 1. The minimum Gasteiger partial charge on any atom is -0.391 e. The number of aliphatic hydroxyl groups is 1. The zero-order valence-electron chi connectivity index (χ0n) is 29.6. The van der Waals surface area contributed by atoms with Crippen molar-refractivity contribution in [3.8, 4) is 0 Å². The number of nitrogens with one attached hydrogen (secondary N) is 5. The van der Waals surface area contributed by atoms with E-state index in [0.717, 1.165) is 5.56 Å². The topological polar surface area (TPSA) is 195 Å². The minimum atomic E-state index is -1.14. The van der Waals surface area contributed by atoms with Crippen LogP contribution in [-0.2, 0) is 39.9 Å². The summed E-state index contributed by atoms with van der Waals surface area (Å²) in [6, 6.07) is 12.5. The fraction of sp³-hybridized carbons (Fsp3) is 0.514. The van der Waals surface area contributed by atoms with Crippen LogP contribution in [-0.4, -0.2) is 102 Å². The molecule has 14 heteroatoms. The monoisotopic (exact) mass is 706 g/mol. The Morgan fingerprint density at radius 1 is 0.902 bits per heavy atom. The van der Waals surface area contributed by atoms with Crippen molar-refractivity contribution in [2.45, 2.75) is 95.3 Å². The first kappa shape index (κ1) is 39.0. The molecule has 2 aliphatic rings. The lowest BCUT2D eigenvalue weighted by Gasteiger charge is -2.30. The number of benzene rings is 2. The summed E-state index contributed by atoms with van der Waals surface area (Å²) in [5, 5.41) is 24.2.